The summed E-state index contributed by atoms with van der Waals surface area (Å²) in [6, 6.07) is 14.3. The van der Waals surface area contributed by atoms with Gasteiger partial charge in [-0.2, -0.15) is 0 Å². The van der Waals surface area contributed by atoms with E-state index in [2.05, 4.69) is 28.5 Å². The molecule has 0 amide bonds. The summed E-state index contributed by atoms with van der Waals surface area (Å²) < 4.78 is 0.846. The largest absolute Gasteiger partial charge is 0.369 e. The minimum absolute atomic E-state index is 0.846. The molecule has 0 fully saturated rings. The first-order chi connectivity index (χ1) is 9.33. The Bertz CT molecular complexity index is 688. The van der Waals surface area contributed by atoms with E-state index < -0.39 is 0 Å². The predicted octanol–water partition coefficient (Wildman–Crippen LogP) is 4.60. The van der Waals surface area contributed by atoms with Gasteiger partial charge in [-0.05, 0) is 30.0 Å². The molecule has 1 aromatic carbocycles. The SMILES string of the molecule is Clc1ccc(CCNc2nccc3ccccc23)s1. The number of anilines is 1. The molecule has 1 N–H and O–H groups in total. The molecule has 0 unspecified atom stereocenters. The summed E-state index contributed by atoms with van der Waals surface area (Å²) in [5.74, 6) is 0.945. The Morgan fingerprint density at radius 3 is 2.84 bits per heavy atom. The Labute approximate surface area is 121 Å². The first kappa shape index (κ1) is 12.5. The second-order valence-corrected chi connectivity index (χ2v) is 6.06. The molecule has 0 bridgehead atoms. The number of hydrogen-bond acceptors (Lipinski definition) is 3. The zero-order chi connectivity index (χ0) is 13.1. The first-order valence-electron chi connectivity index (χ1n) is 6.15. The number of benzene rings is 1. The minimum Gasteiger partial charge on any atom is -0.369 e. The maximum Gasteiger partial charge on any atom is 0.133 e. The molecular weight excluding hydrogens is 276 g/mol. The van der Waals surface area contributed by atoms with Gasteiger partial charge in [0.2, 0.25) is 0 Å². The fourth-order valence-electron chi connectivity index (χ4n) is 2.05. The fraction of sp³-hybridized carbons (Fsp3) is 0.133. The summed E-state index contributed by atoms with van der Waals surface area (Å²) >= 11 is 7.55. The van der Waals surface area contributed by atoms with Crippen molar-refractivity contribution in [3.8, 4) is 0 Å². The monoisotopic (exact) mass is 288 g/mol. The van der Waals surface area contributed by atoms with E-state index >= 15 is 0 Å². The topological polar surface area (TPSA) is 24.9 Å². The van der Waals surface area contributed by atoms with E-state index in [0.29, 0.717) is 0 Å². The van der Waals surface area contributed by atoms with Crippen LogP contribution in [0, 0.1) is 0 Å². The van der Waals surface area contributed by atoms with E-state index in [-0.39, 0.29) is 0 Å². The Balaban J connectivity index is 1.71. The minimum atomic E-state index is 0.846. The molecule has 2 nitrogen and oxygen atoms in total. The van der Waals surface area contributed by atoms with Crippen LogP contribution in [0.1, 0.15) is 4.88 Å². The summed E-state index contributed by atoms with van der Waals surface area (Å²) in [6.45, 7) is 0.859. The average Bonchev–Trinajstić information content (AvgIpc) is 2.85. The van der Waals surface area contributed by atoms with Gasteiger partial charge in [-0.1, -0.05) is 35.9 Å². The molecule has 3 aromatic rings. The lowest BCUT2D eigenvalue weighted by molar-refractivity contribution is 1.03. The van der Waals surface area contributed by atoms with Crippen LogP contribution in [-0.4, -0.2) is 11.5 Å². The van der Waals surface area contributed by atoms with E-state index in [4.69, 9.17) is 11.6 Å². The Kier molecular flexibility index (Phi) is 3.67. The summed E-state index contributed by atoms with van der Waals surface area (Å²) in [5.41, 5.74) is 0. The number of nitrogens with zero attached hydrogens (tertiary/aromatic N) is 1. The second-order valence-electron chi connectivity index (χ2n) is 4.26. The van der Waals surface area contributed by atoms with Gasteiger partial charge in [-0.25, -0.2) is 4.98 Å². The highest BCUT2D eigenvalue weighted by Gasteiger charge is 2.02. The molecule has 0 aliphatic carbocycles. The molecule has 0 saturated carbocycles. The lowest BCUT2D eigenvalue weighted by Crippen LogP contribution is -2.05. The molecule has 0 radical (unpaired) electrons. The van der Waals surface area contributed by atoms with Crippen molar-refractivity contribution in [2.75, 3.05) is 11.9 Å². The van der Waals surface area contributed by atoms with Gasteiger partial charge in [-0.3, -0.25) is 0 Å². The maximum absolute atomic E-state index is 5.92. The molecule has 0 aliphatic rings. The number of fused-ring (bicyclic) bond motifs is 1. The van der Waals surface area contributed by atoms with E-state index in [1.807, 2.05) is 30.5 Å². The predicted molar refractivity (Wildman–Crippen MR) is 83.3 cm³/mol. The lowest BCUT2D eigenvalue weighted by Gasteiger charge is -2.07. The molecule has 4 heteroatoms. The number of pyridine rings is 1. The third kappa shape index (κ3) is 2.88. The maximum atomic E-state index is 5.92. The molecule has 3 rings (SSSR count). The molecule has 19 heavy (non-hydrogen) atoms. The zero-order valence-corrected chi connectivity index (χ0v) is 11.8. The summed E-state index contributed by atoms with van der Waals surface area (Å²) in [7, 11) is 0. The molecule has 96 valence electrons. The van der Waals surface area contributed by atoms with Gasteiger partial charge in [0.15, 0.2) is 0 Å². The van der Waals surface area contributed by atoms with Crippen LogP contribution in [0.4, 0.5) is 5.82 Å². The quantitative estimate of drug-likeness (QED) is 0.759. The van der Waals surface area contributed by atoms with Gasteiger partial charge in [0.1, 0.15) is 5.82 Å². The van der Waals surface area contributed by atoms with Crippen LogP contribution in [0.15, 0.2) is 48.7 Å². The average molecular weight is 289 g/mol. The zero-order valence-electron chi connectivity index (χ0n) is 10.3. The van der Waals surface area contributed by atoms with Crippen molar-refractivity contribution >= 4 is 39.5 Å². The van der Waals surface area contributed by atoms with Gasteiger partial charge in [0, 0.05) is 23.0 Å². The molecule has 0 aliphatic heterocycles. The summed E-state index contributed by atoms with van der Waals surface area (Å²) in [5, 5.41) is 5.77. The summed E-state index contributed by atoms with van der Waals surface area (Å²) in [4.78, 5) is 5.70. The van der Waals surface area contributed by atoms with Crippen LogP contribution in [0.2, 0.25) is 4.34 Å². The van der Waals surface area contributed by atoms with Crippen LogP contribution in [0.5, 0.6) is 0 Å². The Hall–Kier alpha value is -1.58. The van der Waals surface area contributed by atoms with E-state index in [1.165, 1.54) is 10.3 Å². The van der Waals surface area contributed by atoms with Crippen molar-refractivity contribution in [2.45, 2.75) is 6.42 Å². The standard InChI is InChI=1S/C15H13ClN2S/c16-14-6-5-12(19-14)8-10-18-15-13-4-2-1-3-11(13)7-9-17-15/h1-7,9H,8,10H2,(H,17,18). The van der Waals surface area contributed by atoms with Gasteiger partial charge < -0.3 is 5.32 Å². The van der Waals surface area contributed by atoms with Crippen LogP contribution in [0.3, 0.4) is 0 Å². The number of halogens is 1. The van der Waals surface area contributed by atoms with Gasteiger partial charge >= 0.3 is 0 Å². The highest BCUT2D eigenvalue weighted by Crippen LogP contribution is 2.23. The molecular formula is C15H13ClN2S. The lowest BCUT2D eigenvalue weighted by atomic mass is 10.1. The molecule has 2 heterocycles. The Morgan fingerprint density at radius 2 is 2.00 bits per heavy atom. The molecule has 0 saturated heterocycles. The van der Waals surface area contributed by atoms with E-state index in [0.717, 1.165) is 28.5 Å². The van der Waals surface area contributed by atoms with Crippen molar-refractivity contribution < 1.29 is 0 Å². The number of aromatic nitrogens is 1. The molecule has 0 atom stereocenters. The van der Waals surface area contributed by atoms with Gasteiger partial charge in [0.25, 0.3) is 0 Å². The highest BCUT2D eigenvalue weighted by molar-refractivity contribution is 7.16. The molecule has 0 spiro atoms. The first-order valence-corrected chi connectivity index (χ1v) is 7.34. The van der Waals surface area contributed by atoms with Crippen LogP contribution in [-0.2, 0) is 6.42 Å². The third-order valence-corrected chi connectivity index (χ3v) is 4.26. The summed E-state index contributed by atoms with van der Waals surface area (Å²) in [6.07, 6.45) is 2.80. The smallest absolute Gasteiger partial charge is 0.133 e. The number of nitrogens with one attached hydrogen (secondary N) is 1. The fourth-order valence-corrected chi connectivity index (χ4v) is 3.14. The second kappa shape index (κ2) is 5.59. The van der Waals surface area contributed by atoms with Gasteiger partial charge in [0.05, 0.1) is 4.34 Å². The van der Waals surface area contributed by atoms with Gasteiger partial charge in [-0.15, -0.1) is 11.3 Å². The van der Waals surface area contributed by atoms with Crippen molar-refractivity contribution in [3.63, 3.8) is 0 Å². The number of rotatable bonds is 4. The van der Waals surface area contributed by atoms with Crippen molar-refractivity contribution in [1.29, 1.82) is 0 Å². The van der Waals surface area contributed by atoms with Crippen LogP contribution in [0.25, 0.3) is 10.8 Å². The number of thiophene rings is 1. The number of hydrogen-bond donors (Lipinski definition) is 1. The third-order valence-electron chi connectivity index (χ3n) is 2.97. The van der Waals surface area contributed by atoms with Crippen LogP contribution >= 0.6 is 22.9 Å². The van der Waals surface area contributed by atoms with Crippen molar-refractivity contribution in [2.24, 2.45) is 0 Å². The molecule has 2 aromatic heterocycles. The normalized spacial score (nSPS) is 10.8. The van der Waals surface area contributed by atoms with Crippen LogP contribution < -0.4 is 5.32 Å². The Morgan fingerprint density at radius 1 is 1.11 bits per heavy atom. The van der Waals surface area contributed by atoms with Crippen molar-refractivity contribution in [3.05, 3.63) is 57.9 Å². The van der Waals surface area contributed by atoms with E-state index in [1.54, 1.807) is 11.3 Å². The highest BCUT2D eigenvalue weighted by atomic mass is 35.5. The van der Waals surface area contributed by atoms with E-state index in [9.17, 15) is 0 Å². The van der Waals surface area contributed by atoms with Crippen molar-refractivity contribution in [1.82, 2.24) is 4.98 Å².